The molecule has 2 unspecified atom stereocenters. The zero-order valence-corrected chi connectivity index (χ0v) is 17.7. The molecule has 1 aromatic heterocycles. The number of hydrogen-bond donors (Lipinski definition) is 0. The van der Waals surface area contributed by atoms with Crippen LogP contribution in [0.1, 0.15) is 35.4 Å². The summed E-state index contributed by atoms with van der Waals surface area (Å²) >= 11 is 0. The SMILES string of the molecule is C=C(C(c1ccc2ccccc2c1)C(CC)C(=O)c1nccn1-c1ccccc1)[N+](=O)[O-]. The molecule has 3 aromatic carbocycles. The van der Waals surface area contributed by atoms with Gasteiger partial charge in [0.1, 0.15) is 0 Å². The van der Waals surface area contributed by atoms with Crippen LogP contribution in [0.4, 0.5) is 0 Å². The molecular formula is C26H23N3O3. The van der Waals surface area contributed by atoms with Gasteiger partial charge in [-0.25, -0.2) is 4.98 Å². The highest BCUT2D eigenvalue weighted by molar-refractivity contribution is 5.96. The third-order valence-corrected chi connectivity index (χ3v) is 5.80. The second-order valence-corrected chi connectivity index (χ2v) is 7.67. The molecule has 0 bridgehead atoms. The fourth-order valence-corrected chi connectivity index (χ4v) is 4.19. The minimum Gasteiger partial charge on any atom is -0.297 e. The van der Waals surface area contributed by atoms with Gasteiger partial charge in [-0.2, -0.15) is 0 Å². The molecule has 0 amide bonds. The third-order valence-electron chi connectivity index (χ3n) is 5.80. The number of nitrogens with zero attached hydrogens (tertiary/aromatic N) is 3. The maximum absolute atomic E-state index is 13.7. The van der Waals surface area contributed by atoms with Crippen molar-refractivity contribution < 1.29 is 9.72 Å². The molecule has 0 radical (unpaired) electrons. The van der Waals surface area contributed by atoms with E-state index in [4.69, 9.17) is 0 Å². The van der Waals surface area contributed by atoms with Crippen LogP contribution in [0.25, 0.3) is 16.5 Å². The number of benzene rings is 3. The lowest BCUT2D eigenvalue weighted by Crippen LogP contribution is -2.27. The molecule has 2 atom stereocenters. The van der Waals surface area contributed by atoms with Crippen molar-refractivity contribution in [2.45, 2.75) is 19.3 Å². The van der Waals surface area contributed by atoms with Gasteiger partial charge in [-0.05, 0) is 41.5 Å². The van der Waals surface area contributed by atoms with Crippen LogP contribution >= 0.6 is 0 Å². The summed E-state index contributed by atoms with van der Waals surface area (Å²) in [6, 6.07) is 22.9. The molecule has 0 fully saturated rings. The van der Waals surface area contributed by atoms with E-state index in [-0.39, 0.29) is 17.3 Å². The van der Waals surface area contributed by atoms with Crippen LogP contribution in [0.3, 0.4) is 0 Å². The van der Waals surface area contributed by atoms with E-state index < -0.39 is 16.8 Å². The van der Waals surface area contributed by atoms with E-state index in [0.29, 0.717) is 12.0 Å². The van der Waals surface area contributed by atoms with Crippen molar-refractivity contribution in [2.24, 2.45) is 5.92 Å². The van der Waals surface area contributed by atoms with Crippen molar-refractivity contribution in [3.63, 3.8) is 0 Å². The number of allylic oxidation sites excluding steroid dienone is 1. The zero-order valence-electron chi connectivity index (χ0n) is 17.7. The molecule has 4 rings (SSSR count). The van der Waals surface area contributed by atoms with Crippen molar-refractivity contribution in [3.05, 3.63) is 119 Å². The Labute approximate surface area is 186 Å². The van der Waals surface area contributed by atoms with Crippen molar-refractivity contribution in [3.8, 4) is 5.69 Å². The number of aromatic nitrogens is 2. The average Bonchev–Trinajstić information content (AvgIpc) is 3.32. The van der Waals surface area contributed by atoms with E-state index in [1.54, 1.807) is 17.0 Å². The second-order valence-electron chi connectivity index (χ2n) is 7.67. The number of rotatable bonds is 8. The molecule has 0 aliphatic heterocycles. The number of ketones is 1. The van der Waals surface area contributed by atoms with Gasteiger partial charge in [0.15, 0.2) is 5.82 Å². The smallest absolute Gasteiger partial charge is 0.247 e. The second kappa shape index (κ2) is 8.98. The lowest BCUT2D eigenvalue weighted by molar-refractivity contribution is -0.430. The summed E-state index contributed by atoms with van der Waals surface area (Å²) < 4.78 is 1.72. The highest BCUT2D eigenvalue weighted by Gasteiger charge is 2.38. The number of imidazole rings is 1. The fourth-order valence-electron chi connectivity index (χ4n) is 4.19. The lowest BCUT2D eigenvalue weighted by atomic mass is 9.79. The molecule has 0 N–H and O–H groups in total. The van der Waals surface area contributed by atoms with Crippen LogP contribution in [0.15, 0.2) is 97.5 Å². The Bertz CT molecular complexity index is 1290. The van der Waals surface area contributed by atoms with Crippen molar-refractivity contribution in [1.82, 2.24) is 9.55 Å². The summed E-state index contributed by atoms with van der Waals surface area (Å²) in [5.74, 6) is -1.44. The molecule has 0 aliphatic carbocycles. The maximum atomic E-state index is 13.7. The minimum absolute atomic E-state index is 0.196. The first-order valence-corrected chi connectivity index (χ1v) is 10.5. The van der Waals surface area contributed by atoms with Crippen molar-refractivity contribution in [1.29, 1.82) is 0 Å². The quantitative estimate of drug-likeness (QED) is 0.203. The van der Waals surface area contributed by atoms with Gasteiger partial charge in [-0.15, -0.1) is 0 Å². The van der Waals surface area contributed by atoms with Crippen LogP contribution in [0, 0.1) is 16.0 Å². The molecular weight excluding hydrogens is 402 g/mol. The Morgan fingerprint density at radius 2 is 1.75 bits per heavy atom. The summed E-state index contributed by atoms with van der Waals surface area (Å²) in [6.07, 6.45) is 3.70. The molecule has 1 heterocycles. The van der Waals surface area contributed by atoms with Crippen LogP contribution in [-0.2, 0) is 0 Å². The van der Waals surface area contributed by atoms with Crippen molar-refractivity contribution in [2.75, 3.05) is 0 Å². The van der Waals surface area contributed by atoms with Crippen LogP contribution in [-0.4, -0.2) is 20.3 Å². The van der Waals surface area contributed by atoms with Crippen molar-refractivity contribution >= 4 is 16.6 Å². The van der Waals surface area contributed by atoms with Gasteiger partial charge in [-0.1, -0.05) is 67.6 Å². The largest absolute Gasteiger partial charge is 0.297 e. The number of nitro groups is 1. The Hall–Kier alpha value is -4.06. The van der Waals surface area contributed by atoms with Crippen LogP contribution in [0.2, 0.25) is 0 Å². The summed E-state index contributed by atoms with van der Waals surface area (Å²) in [5, 5.41) is 13.8. The highest BCUT2D eigenvalue weighted by Crippen LogP contribution is 2.37. The van der Waals surface area contributed by atoms with Gasteiger partial charge in [0, 0.05) is 24.0 Å². The third kappa shape index (κ3) is 3.95. The fraction of sp³-hybridized carbons (Fsp3) is 0.154. The predicted octanol–water partition coefficient (Wildman–Crippen LogP) is 5.81. The lowest BCUT2D eigenvalue weighted by Gasteiger charge is -2.23. The molecule has 6 nitrogen and oxygen atoms in total. The Balaban J connectivity index is 1.79. The van der Waals surface area contributed by atoms with Gasteiger partial charge < -0.3 is 0 Å². The molecule has 0 saturated heterocycles. The summed E-state index contributed by atoms with van der Waals surface area (Å²) in [5.41, 5.74) is 1.31. The van der Waals surface area contributed by atoms with E-state index in [2.05, 4.69) is 11.6 Å². The Kier molecular flexibility index (Phi) is 5.94. The molecule has 160 valence electrons. The first-order chi connectivity index (χ1) is 15.5. The van der Waals surface area contributed by atoms with Crippen LogP contribution < -0.4 is 0 Å². The predicted molar refractivity (Wildman–Crippen MR) is 124 cm³/mol. The molecule has 0 saturated carbocycles. The topological polar surface area (TPSA) is 78.0 Å². The van der Waals surface area contributed by atoms with E-state index >= 15 is 0 Å². The van der Waals surface area contributed by atoms with E-state index in [1.807, 2.05) is 79.7 Å². The summed E-state index contributed by atoms with van der Waals surface area (Å²) in [7, 11) is 0. The number of fused-ring (bicyclic) bond motifs is 1. The van der Waals surface area contributed by atoms with Gasteiger partial charge in [0.25, 0.3) is 0 Å². The monoisotopic (exact) mass is 425 g/mol. The Morgan fingerprint density at radius 3 is 2.44 bits per heavy atom. The van der Waals surface area contributed by atoms with Gasteiger partial charge in [0.2, 0.25) is 11.5 Å². The summed E-state index contributed by atoms with van der Waals surface area (Å²) in [6.45, 7) is 5.61. The average molecular weight is 425 g/mol. The Morgan fingerprint density at radius 1 is 1.06 bits per heavy atom. The number of hydrogen-bond acceptors (Lipinski definition) is 4. The zero-order chi connectivity index (χ0) is 22.7. The number of para-hydroxylation sites is 1. The number of carbonyl (C=O) groups is 1. The number of carbonyl (C=O) groups excluding carboxylic acids is 1. The van der Waals surface area contributed by atoms with Gasteiger partial charge in [-0.3, -0.25) is 19.5 Å². The van der Waals surface area contributed by atoms with Gasteiger partial charge in [0.05, 0.1) is 10.8 Å². The molecule has 4 aromatic rings. The normalized spacial score (nSPS) is 12.9. The maximum Gasteiger partial charge on any atom is 0.247 e. The summed E-state index contributed by atoms with van der Waals surface area (Å²) in [4.78, 5) is 29.3. The van der Waals surface area contributed by atoms with E-state index in [1.165, 1.54) is 0 Å². The van der Waals surface area contributed by atoms with E-state index in [0.717, 1.165) is 16.5 Å². The standard InChI is InChI=1S/C26H23N3O3/c1-3-23(25(30)26-27-15-16-28(26)22-11-5-4-6-12-22)24(18(2)29(31)32)21-14-13-19-9-7-8-10-20(19)17-21/h4-17,23-24H,2-3H2,1H3. The van der Waals surface area contributed by atoms with Crippen LogP contribution in [0.5, 0.6) is 0 Å². The van der Waals surface area contributed by atoms with Gasteiger partial charge >= 0.3 is 0 Å². The minimum atomic E-state index is -0.770. The first kappa shape index (κ1) is 21.2. The highest BCUT2D eigenvalue weighted by atomic mass is 16.6. The molecule has 0 aliphatic rings. The molecule has 0 spiro atoms. The van der Waals surface area contributed by atoms with E-state index in [9.17, 15) is 14.9 Å². The molecule has 32 heavy (non-hydrogen) atoms. The molecule has 6 heteroatoms. The number of Topliss-reactive ketones (excluding diaryl/α,β-unsaturated/α-hetero) is 1. The first-order valence-electron chi connectivity index (χ1n) is 10.5.